The smallest absolute Gasteiger partial charge is 0.117 e. The molecular weight excluding hydrogens is 302 g/mol. The molecule has 0 bridgehead atoms. The first-order valence-corrected chi connectivity index (χ1v) is 8.50. The number of pyridine rings is 1. The lowest BCUT2D eigenvalue weighted by Crippen LogP contribution is -1.91. The average molecular weight is 317 g/mol. The number of para-hydroxylation sites is 2. The van der Waals surface area contributed by atoms with Crippen molar-refractivity contribution in [3.8, 4) is 0 Å². The maximum Gasteiger partial charge on any atom is 0.117 e. The average Bonchev–Trinajstić information content (AvgIpc) is 2.91. The molecule has 2 N–H and O–H groups in total. The van der Waals surface area contributed by atoms with E-state index >= 15 is 0 Å². The summed E-state index contributed by atoms with van der Waals surface area (Å²) in [6, 6.07) is 9.95. The van der Waals surface area contributed by atoms with Gasteiger partial charge < -0.3 is 10.1 Å². The number of H-pyrrole nitrogens is 1. The molecule has 3 aromatic rings. The van der Waals surface area contributed by atoms with Gasteiger partial charge in [-0.15, -0.1) is 0 Å². The molecule has 0 fully saturated rings. The summed E-state index contributed by atoms with van der Waals surface area (Å²) in [5.74, 6) is 1.77. The summed E-state index contributed by atoms with van der Waals surface area (Å²) in [5.41, 5.74) is 3.15. The predicted octanol–water partition coefficient (Wildman–Crippen LogP) is 3.60. The van der Waals surface area contributed by atoms with E-state index in [4.69, 9.17) is 5.11 Å². The number of nitrogens with one attached hydrogen (secondary N) is 1. The van der Waals surface area contributed by atoms with Crippen LogP contribution in [0.15, 0.2) is 46.5 Å². The highest BCUT2D eigenvalue weighted by Gasteiger charge is 2.08. The van der Waals surface area contributed by atoms with Gasteiger partial charge in [0.1, 0.15) is 10.9 Å². The highest BCUT2D eigenvalue weighted by atomic mass is 32.2. The zero-order chi connectivity index (χ0) is 14.7. The van der Waals surface area contributed by atoms with Gasteiger partial charge in [0, 0.05) is 11.1 Å². The molecule has 1 aromatic carbocycles. The van der Waals surface area contributed by atoms with E-state index in [1.807, 2.05) is 37.3 Å². The second-order valence-electron chi connectivity index (χ2n) is 4.50. The Hall–Kier alpha value is -1.50. The zero-order valence-electron chi connectivity index (χ0n) is 11.5. The van der Waals surface area contributed by atoms with E-state index < -0.39 is 0 Å². The molecular formula is C15H15N3OS2. The Morgan fingerprint density at radius 2 is 2.05 bits per heavy atom. The zero-order valence-corrected chi connectivity index (χ0v) is 13.2. The van der Waals surface area contributed by atoms with Crippen LogP contribution in [0.25, 0.3) is 11.0 Å². The Balaban J connectivity index is 1.76. The maximum atomic E-state index is 9.04. The highest BCUT2D eigenvalue weighted by molar-refractivity contribution is 7.99. The molecule has 108 valence electrons. The monoisotopic (exact) mass is 317 g/mol. The Kier molecular flexibility index (Phi) is 4.48. The lowest BCUT2D eigenvalue weighted by Gasteiger charge is -2.07. The number of fused-ring (bicyclic) bond motifs is 1. The summed E-state index contributed by atoms with van der Waals surface area (Å²) in [4.78, 5) is 13.4. The van der Waals surface area contributed by atoms with Crippen molar-refractivity contribution < 1.29 is 5.11 Å². The summed E-state index contributed by atoms with van der Waals surface area (Å²) in [6.45, 7) is 2.03. The van der Waals surface area contributed by atoms with E-state index in [9.17, 15) is 0 Å². The van der Waals surface area contributed by atoms with Gasteiger partial charge in [0.05, 0.1) is 22.7 Å². The molecule has 0 atom stereocenters. The molecule has 0 spiro atoms. The van der Waals surface area contributed by atoms with Gasteiger partial charge in [-0.05, 0) is 30.7 Å². The maximum absolute atomic E-state index is 9.04. The molecule has 0 amide bonds. The van der Waals surface area contributed by atoms with Gasteiger partial charge in [0.2, 0.25) is 0 Å². The van der Waals surface area contributed by atoms with Crippen LogP contribution in [0.5, 0.6) is 0 Å². The van der Waals surface area contributed by atoms with Crippen LogP contribution >= 0.6 is 23.5 Å². The van der Waals surface area contributed by atoms with Crippen molar-refractivity contribution in [2.24, 2.45) is 0 Å². The molecule has 6 heteroatoms. The van der Waals surface area contributed by atoms with E-state index in [2.05, 4.69) is 15.0 Å². The number of nitrogens with zero attached hydrogens (tertiary/aromatic N) is 2. The molecule has 0 aliphatic rings. The SMILES string of the molecule is Cc1c(SCO)ccnc1SCc1nc2ccccc2[nH]1. The van der Waals surface area contributed by atoms with E-state index in [1.54, 1.807) is 18.0 Å². The van der Waals surface area contributed by atoms with Crippen molar-refractivity contribution in [2.75, 3.05) is 5.94 Å². The van der Waals surface area contributed by atoms with E-state index in [0.717, 1.165) is 38.1 Å². The van der Waals surface area contributed by atoms with Gasteiger partial charge in [-0.25, -0.2) is 9.97 Å². The Labute approximate surface area is 131 Å². The lowest BCUT2D eigenvalue weighted by atomic mass is 10.3. The van der Waals surface area contributed by atoms with Gasteiger partial charge in [0.15, 0.2) is 0 Å². The van der Waals surface area contributed by atoms with Gasteiger partial charge in [-0.1, -0.05) is 35.7 Å². The van der Waals surface area contributed by atoms with Crippen molar-refractivity contribution in [1.29, 1.82) is 0 Å². The van der Waals surface area contributed by atoms with Gasteiger partial charge >= 0.3 is 0 Å². The summed E-state index contributed by atoms with van der Waals surface area (Å²) >= 11 is 3.08. The minimum atomic E-state index is 0.0819. The number of aliphatic hydroxyl groups is 1. The molecule has 3 rings (SSSR count). The fourth-order valence-electron chi connectivity index (χ4n) is 2.08. The highest BCUT2D eigenvalue weighted by Crippen LogP contribution is 2.30. The molecule has 0 saturated heterocycles. The summed E-state index contributed by atoms with van der Waals surface area (Å²) in [7, 11) is 0. The van der Waals surface area contributed by atoms with Crippen LogP contribution in [0, 0.1) is 6.92 Å². The Bertz CT molecular complexity index is 725. The number of aromatic nitrogens is 3. The lowest BCUT2D eigenvalue weighted by molar-refractivity contribution is 0.375. The number of hydrogen-bond donors (Lipinski definition) is 2. The normalized spacial score (nSPS) is 11.1. The first-order chi connectivity index (χ1) is 10.3. The standard InChI is InChI=1S/C15H15N3OS2/c1-10-13(21-9-19)6-7-16-15(10)20-8-14-17-11-4-2-3-5-12(11)18-14/h2-7,19H,8-9H2,1H3,(H,17,18). The van der Waals surface area contributed by atoms with Crippen molar-refractivity contribution in [2.45, 2.75) is 22.6 Å². The summed E-state index contributed by atoms with van der Waals surface area (Å²) in [6.07, 6.45) is 1.78. The first-order valence-electron chi connectivity index (χ1n) is 6.53. The minimum absolute atomic E-state index is 0.0819. The molecule has 0 aliphatic carbocycles. The molecule has 0 saturated carbocycles. The van der Waals surface area contributed by atoms with Gasteiger partial charge in [0.25, 0.3) is 0 Å². The fourth-order valence-corrected chi connectivity index (χ4v) is 3.63. The summed E-state index contributed by atoms with van der Waals surface area (Å²) < 4.78 is 0. The molecule has 2 heterocycles. The third-order valence-electron chi connectivity index (χ3n) is 3.11. The van der Waals surface area contributed by atoms with Crippen LogP contribution in [-0.4, -0.2) is 26.0 Å². The van der Waals surface area contributed by atoms with Crippen molar-refractivity contribution in [1.82, 2.24) is 15.0 Å². The van der Waals surface area contributed by atoms with Crippen LogP contribution in [0.2, 0.25) is 0 Å². The number of hydrogen-bond acceptors (Lipinski definition) is 5. The van der Waals surface area contributed by atoms with Crippen LogP contribution in [0.4, 0.5) is 0 Å². The summed E-state index contributed by atoms with van der Waals surface area (Å²) in [5, 5.41) is 10.0. The molecule has 4 nitrogen and oxygen atoms in total. The fraction of sp³-hybridized carbons (Fsp3) is 0.200. The van der Waals surface area contributed by atoms with Gasteiger partial charge in [-0.2, -0.15) is 0 Å². The van der Waals surface area contributed by atoms with Crippen molar-refractivity contribution in [3.05, 3.63) is 47.9 Å². The molecule has 21 heavy (non-hydrogen) atoms. The number of rotatable bonds is 5. The second kappa shape index (κ2) is 6.51. The molecule has 0 radical (unpaired) electrons. The van der Waals surface area contributed by atoms with Crippen molar-refractivity contribution in [3.63, 3.8) is 0 Å². The van der Waals surface area contributed by atoms with Crippen LogP contribution < -0.4 is 0 Å². The first kappa shape index (κ1) is 14.4. The third-order valence-corrected chi connectivity index (χ3v) is 5.10. The largest absolute Gasteiger partial charge is 0.385 e. The second-order valence-corrected chi connectivity index (χ2v) is 6.45. The quantitative estimate of drug-likeness (QED) is 0.556. The third kappa shape index (κ3) is 3.23. The molecule has 2 aromatic heterocycles. The van der Waals surface area contributed by atoms with E-state index in [1.165, 1.54) is 11.8 Å². The van der Waals surface area contributed by atoms with Crippen LogP contribution in [-0.2, 0) is 5.75 Å². The number of imidazole rings is 1. The van der Waals surface area contributed by atoms with Crippen LogP contribution in [0.3, 0.4) is 0 Å². The number of aromatic amines is 1. The van der Waals surface area contributed by atoms with Crippen molar-refractivity contribution >= 4 is 34.6 Å². The Morgan fingerprint density at radius 1 is 1.19 bits per heavy atom. The number of benzene rings is 1. The van der Waals surface area contributed by atoms with Gasteiger partial charge in [-0.3, -0.25) is 0 Å². The Morgan fingerprint density at radius 3 is 2.86 bits per heavy atom. The number of aliphatic hydroxyl groups excluding tert-OH is 1. The topological polar surface area (TPSA) is 61.8 Å². The minimum Gasteiger partial charge on any atom is -0.385 e. The predicted molar refractivity (Wildman–Crippen MR) is 87.6 cm³/mol. The molecule has 0 aliphatic heterocycles. The van der Waals surface area contributed by atoms with E-state index in [-0.39, 0.29) is 5.94 Å². The molecule has 0 unspecified atom stereocenters. The van der Waals surface area contributed by atoms with E-state index in [0.29, 0.717) is 0 Å². The van der Waals surface area contributed by atoms with Crippen LogP contribution in [0.1, 0.15) is 11.4 Å². The number of thioether (sulfide) groups is 2.